The molecule has 5 heteroatoms. The first-order chi connectivity index (χ1) is 13.1. The van der Waals surface area contributed by atoms with Crippen molar-refractivity contribution in [3.05, 3.63) is 35.4 Å². The van der Waals surface area contributed by atoms with E-state index in [2.05, 4.69) is 13.8 Å². The Morgan fingerprint density at radius 2 is 1.38 bits per heavy atom. The molecule has 0 aliphatic carbocycles. The van der Waals surface area contributed by atoms with Crippen molar-refractivity contribution in [1.82, 2.24) is 0 Å². The first-order valence-corrected chi connectivity index (χ1v) is 10.2. The Kier molecular flexibility index (Phi) is 8.19. The predicted octanol–water partition coefficient (Wildman–Crippen LogP) is 4.86. The Labute approximate surface area is 175 Å². The minimum Gasteiger partial charge on any atom is -0.457 e. The normalized spacial score (nSPS) is 14.3. The number of carbonyl (C=O) groups is 3. The summed E-state index contributed by atoms with van der Waals surface area (Å²) in [7, 11) is 0. The molecule has 0 fully saturated rings. The minimum atomic E-state index is -1.58. The summed E-state index contributed by atoms with van der Waals surface area (Å²) in [6.45, 7) is 16.1. The quantitative estimate of drug-likeness (QED) is 0.480. The van der Waals surface area contributed by atoms with Crippen molar-refractivity contribution in [2.75, 3.05) is 0 Å². The highest BCUT2D eigenvalue weighted by Gasteiger charge is 2.41. The van der Waals surface area contributed by atoms with E-state index in [1.807, 2.05) is 24.3 Å². The summed E-state index contributed by atoms with van der Waals surface area (Å²) in [5, 5.41) is 0. The van der Waals surface area contributed by atoms with Gasteiger partial charge in [-0.25, -0.2) is 4.79 Å². The molecule has 0 spiro atoms. The highest BCUT2D eigenvalue weighted by molar-refractivity contribution is 6.06. The van der Waals surface area contributed by atoms with Crippen molar-refractivity contribution in [3.8, 4) is 0 Å². The number of carbonyl (C=O) groups excluding carboxylic acids is 3. The minimum absolute atomic E-state index is 0.486. The number of ether oxygens (including phenoxy) is 2. The zero-order valence-corrected chi connectivity index (χ0v) is 19.3. The van der Waals surface area contributed by atoms with E-state index >= 15 is 0 Å². The monoisotopic (exact) mass is 404 g/mol. The molecule has 2 unspecified atom stereocenters. The molecule has 0 heterocycles. The van der Waals surface area contributed by atoms with Gasteiger partial charge in [-0.2, -0.15) is 0 Å². The van der Waals surface area contributed by atoms with Gasteiger partial charge in [-0.15, -0.1) is 0 Å². The van der Waals surface area contributed by atoms with Crippen molar-refractivity contribution in [2.24, 2.45) is 11.3 Å². The highest BCUT2D eigenvalue weighted by atomic mass is 16.6. The number of ketones is 1. The third-order valence-electron chi connectivity index (χ3n) is 4.31. The van der Waals surface area contributed by atoms with Gasteiger partial charge in [-0.3, -0.25) is 9.59 Å². The van der Waals surface area contributed by atoms with E-state index < -0.39 is 40.8 Å². The second kappa shape index (κ2) is 9.55. The van der Waals surface area contributed by atoms with Crippen LogP contribution in [-0.4, -0.2) is 29.4 Å². The van der Waals surface area contributed by atoms with Crippen LogP contribution in [0.15, 0.2) is 24.3 Å². The lowest BCUT2D eigenvalue weighted by Gasteiger charge is -2.27. The highest BCUT2D eigenvalue weighted by Crippen LogP contribution is 2.24. The molecule has 29 heavy (non-hydrogen) atoms. The second-order valence-electron chi connectivity index (χ2n) is 10.0. The summed E-state index contributed by atoms with van der Waals surface area (Å²) in [4.78, 5) is 38.1. The smallest absolute Gasteiger partial charge is 0.355 e. The number of rotatable bonds is 7. The lowest BCUT2D eigenvalue weighted by molar-refractivity contribution is -0.180. The Morgan fingerprint density at radius 1 is 0.862 bits per heavy atom. The topological polar surface area (TPSA) is 69.7 Å². The molecule has 0 radical (unpaired) electrons. The fourth-order valence-corrected chi connectivity index (χ4v) is 2.73. The van der Waals surface area contributed by atoms with Crippen LogP contribution in [0, 0.1) is 11.3 Å². The van der Waals surface area contributed by atoms with Gasteiger partial charge in [-0.1, -0.05) is 58.9 Å². The first kappa shape index (κ1) is 24.9. The van der Waals surface area contributed by atoms with Gasteiger partial charge >= 0.3 is 11.9 Å². The van der Waals surface area contributed by atoms with Crippen molar-refractivity contribution in [3.63, 3.8) is 0 Å². The maximum absolute atomic E-state index is 12.8. The first-order valence-electron chi connectivity index (χ1n) is 10.2. The van der Waals surface area contributed by atoms with Crippen LogP contribution in [0.4, 0.5) is 0 Å². The molecule has 1 aromatic rings. The molecule has 1 rings (SSSR count). The average Bonchev–Trinajstić information content (AvgIpc) is 2.55. The molecule has 162 valence electrons. The molecular weight excluding hydrogens is 368 g/mol. The SMILES string of the molecule is CC(C)Cc1ccc(C(C)C(=O)OC(C(=O)OC(C)(C)C)C(=O)C(C)(C)C)cc1. The second-order valence-corrected chi connectivity index (χ2v) is 10.0. The zero-order chi connectivity index (χ0) is 22.6. The predicted molar refractivity (Wildman–Crippen MR) is 114 cm³/mol. The van der Waals surface area contributed by atoms with E-state index in [1.54, 1.807) is 48.5 Å². The molecule has 0 bridgehead atoms. The van der Waals surface area contributed by atoms with Crippen molar-refractivity contribution < 1.29 is 23.9 Å². The van der Waals surface area contributed by atoms with Crippen LogP contribution in [0.2, 0.25) is 0 Å². The van der Waals surface area contributed by atoms with Crippen LogP contribution in [-0.2, 0) is 30.3 Å². The Hall–Kier alpha value is -2.17. The van der Waals surface area contributed by atoms with Gasteiger partial charge in [0.2, 0.25) is 0 Å². The lowest BCUT2D eigenvalue weighted by Crippen LogP contribution is -2.45. The molecule has 0 aromatic heterocycles. The average molecular weight is 405 g/mol. The Balaban J connectivity index is 3.01. The van der Waals surface area contributed by atoms with E-state index in [4.69, 9.17) is 9.47 Å². The van der Waals surface area contributed by atoms with Crippen LogP contribution in [0.3, 0.4) is 0 Å². The number of hydrogen-bond acceptors (Lipinski definition) is 5. The van der Waals surface area contributed by atoms with Gasteiger partial charge in [0.1, 0.15) is 5.60 Å². The Bertz CT molecular complexity index is 717. The van der Waals surface area contributed by atoms with E-state index in [0.717, 1.165) is 12.0 Å². The molecule has 1 aromatic carbocycles. The number of esters is 2. The van der Waals surface area contributed by atoms with Gasteiger partial charge in [0, 0.05) is 5.41 Å². The van der Waals surface area contributed by atoms with Gasteiger partial charge in [-0.05, 0) is 51.2 Å². The molecule has 0 saturated heterocycles. The number of benzene rings is 1. The van der Waals surface area contributed by atoms with Crippen LogP contribution < -0.4 is 0 Å². The molecule has 0 aliphatic heterocycles. The molecule has 0 amide bonds. The van der Waals surface area contributed by atoms with E-state index in [-0.39, 0.29) is 0 Å². The summed E-state index contributed by atoms with van der Waals surface area (Å²) in [5.41, 5.74) is 0.314. The molecule has 0 N–H and O–H groups in total. The molecule has 5 nitrogen and oxygen atoms in total. The number of Topliss-reactive ketones (excluding diaryl/α,β-unsaturated/α-hetero) is 1. The molecule has 2 atom stereocenters. The largest absolute Gasteiger partial charge is 0.457 e. The fraction of sp³-hybridized carbons (Fsp3) is 0.625. The maximum atomic E-state index is 12.8. The van der Waals surface area contributed by atoms with Crippen molar-refractivity contribution in [2.45, 2.75) is 86.4 Å². The molecule has 0 saturated carbocycles. The summed E-state index contributed by atoms with van der Waals surface area (Å²) in [6.07, 6.45) is -0.621. The fourth-order valence-electron chi connectivity index (χ4n) is 2.73. The van der Waals surface area contributed by atoms with Gasteiger partial charge in [0.15, 0.2) is 5.78 Å². The van der Waals surface area contributed by atoms with Gasteiger partial charge in [0.25, 0.3) is 6.10 Å². The summed E-state index contributed by atoms with van der Waals surface area (Å²) in [5.74, 6) is -2.03. The van der Waals surface area contributed by atoms with Crippen LogP contribution in [0.1, 0.15) is 79.4 Å². The van der Waals surface area contributed by atoms with E-state index in [0.29, 0.717) is 5.92 Å². The lowest BCUT2D eigenvalue weighted by atomic mass is 9.87. The summed E-state index contributed by atoms with van der Waals surface area (Å²) < 4.78 is 10.7. The van der Waals surface area contributed by atoms with Crippen LogP contribution >= 0.6 is 0 Å². The van der Waals surface area contributed by atoms with Gasteiger partial charge < -0.3 is 9.47 Å². The Morgan fingerprint density at radius 3 is 1.79 bits per heavy atom. The third-order valence-corrected chi connectivity index (χ3v) is 4.31. The van der Waals surface area contributed by atoms with Crippen LogP contribution in [0.5, 0.6) is 0 Å². The summed E-state index contributed by atoms with van der Waals surface area (Å²) >= 11 is 0. The maximum Gasteiger partial charge on any atom is 0.355 e. The van der Waals surface area contributed by atoms with Crippen LogP contribution in [0.25, 0.3) is 0 Å². The summed E-state index contributed by atoms with van der Waals surface area (Å²) in [6, 6.07) is 7.75. The number of hydrogen-bond donors (Lipinski definition) is 0. The van der Waals surface area contributed by atoms with Gasteiger partial charge in [0.05, 0.1) is 5.92 Å². The van der Waals surface area contributed by atoms with E-state index in [1.165, 1.54) is 5.56 Å². The standard InChI is InChI=1S/C24H36O5/c1-15(2)14-17-10-12-18(13-11-17)16(3)21(26)28-19(20(25)23(4,5)6)22(27)29-24(7,8)9/h10-13,15-16,19H,14H2,1-9H3. The zero-order valence-electron chi connectivity index (χ0n) is 19.3. The van der Waals surface area contributed by atoms with Crippen molar-refractivity contribution in [1.29, 1.82) is 0 Å². The molecule has 0 aliphatic rings. The molecular formula is C24H36O5. The third kappa shape index (κ3) is 8.00. The van der Waals surface area contributed by atoms with E-state index in [9.17, 15) is 14.4 Å². The van der Waals surface area contributed by atoms with Crippen molar-refractivity contribution >= 4 is 17.7 Å².